The van der Waals surface area contributed by atoms with E-state index in [0.717, 1.165) is 11.8 Å². The van der Waals surface area contributed by atoms with Gasteiger partial charge in [0.1, 0.15) is 12.1 Å². The van der Waals surface area contributed by atoms with E-state index in [1.54, 1.807) is 0 Å². The summed E-state index contributed by atoms with van der Waals surface area (Å²) in [5.74, 6) is -0.0605. The minimum absolute atomic E-state index is 0.144. The Morgan fingerprint density at radius 2 is 1.82 bits per heavy atom. The van der Waals surface area contributed by atoms with Gasteiger partial charge in [-0.15, -0.1) is 0 Å². The maximum absolute atomic E-state index is 11.9. The van der Waals surface area contributed by atoms with E-state index in [2.05, 4.69) is 0 Å². The number of carbonyl (C=O) groups is 2. The van der Waals surface area contributed by atoms with Crippen LogP contribution in [0.3, 0.4) is 0 Å². The van der Waals surface area contributed by atoms with E-state index in [0.29, 0.717) is 12.8 Å². The van der Waals surface area contributed by atoms with Crippen LogP contribution in [0.4, 0.5) is 0 Å². The fraction of sp³-hybridized carbons (Fsp3) is 0.467. The van der Waals surface area contributed by atoms with Gasteiger partial charge in [-0.25, -0.2) is 0 Å². The standard InChI is InChI=1S/C15H20O2/c1-15(2,3)14(17)10-13(11-16)9-12-7-5-4-6-8-12/h4-8,11,13H,9-10H2,1-3H3/t13-/m0/s1. The third kappa shape index (κ3) is 4.51. The first kappa shape index (κ1) is 13.6. The van der Waals surface area contributed by atoms with Crippen molar-refractivity contribution in [3.8, 4) is 0 Å². The first-order valence-electron chi connectivity index (χ1n) is 5.96. The topological polar surface area (TPSA) is 34.1 Å². The van der Waals surface area contributed by atoms with E-state index >= 15 is 0 Å². The lowest BCUT2D eigenvalue weighted by atomic mass is 9.84. The first-order valence-corrected chi connectivity index (χ1v) is 5.96. The number of hydrogen-bond donors (Lipinski definition) is 0. The lowest BCUT2D eigenvalue weighted by Gasteiger charge is -2.19. The molecule has 0 aliphatic rings. The Bertz CT molecular complexity index is 374. The van der Waals surface area contributed by atoms with Crippen molar-refractivity contribution < 1.29 is 9.59 Å². The van der Waals surface area contributed by atoms with Crippen molar-refractivity contribution in [1.82, 2.24) is 0 Å². The van der Waals surface area contributed by atoms with Crippen LogP contribution in [0.15, 0.2) is 30.3 Å². The zero-order valence-corrected chi connectivity index (χ0v) is 10.8. The molecule has 1 aromatic carbocycles. The Labute approximate surface area is 103 Å². The van der Waals surface area contributed by atoms with Crippen molar-refractivity contribution in [2.75, 3.05) is 0 Å². The van der Waals surface area contributed by atoms with E-state index < -0.39 is 0 Å². The van der Waals surface area contributed by atoms with Crippen LogP contribution in [0.25, 0.3) is 0 Å². The second-order valence-corrected chi connectivity index (χ2v) is 5.46. The molecule has 0 heterocycles. The summed E-state index contributed by atoms with van der Waals surface area (Å²) < 4.78 is 0. The molecule has 0 aromatic heterocycles. The molecule has 0 fully saturated rings. The molecule has 92 valence electrons. The number of ketones is 1. The monoisotopic (exact) mass is 232 g/mol. The van der Waals surface area contributed by atoms with Crippen molar-refractivity contribution in [1.29, 1.82) is 0 Å². The highest BCUT2D eigenvalue weighted by Crippen LogP contribution is 2.21. The molecule has 2 nitrogen and oxygen atoms in total. The molecule has 0 bridgehead atoms. The molecule has 0 saturated heterocycles. The molecule has 0 aliphatic carbocycles. The molecule has 0 aliphatic heterocycles. The summed E-state index contributed by atoms with van der Waals surface area (Å²) in [5, 5.41) is 0. The average Bonchev–Trinajstić information content (AvgIpc) is 2.28. The van der Waals surface area contributed by atoms with Gasteiger partial charge in [-0.3, -0.25) is 4.79 Å². The molecule has 2 heteroatoms. The largest absolute Gasteiger partial charge is 0.303 e. The van der Waals surface area contributed by atoms with Crippen molar-refractivity contribution in [2.45, 2.75) is 33.6 Å². The van der Waals surface area contributed by atoms with Gasteiger partial charge in [0, 0.05) is 17.8 Å². The first-order chi connectivity index (χ1) is 7.93. The minimum atomic E-state index is -0.363. The summed E-state index contributed by atoms with van der Waals surface area (Å²) >= 11 is 0. The molecule has 1 aromatic rings. The average molecular weight is 232 g/mol. The van der Waals surface area contributed by atoms with E-state index in [-0.39, 0.29) is 17.1 Å². The van der Waals surface area contributed by atoms with Gasteiger partial charge in [-0.2, -0.15) is 0 Å². The lowest BCUT2D eigenvalue weighted by molar-refractivity contribution is -0.129. The van der Waals surface area contributed by atoms with E-state index in [1.165, 1.54) is 0 Å². The highest BCUT2D eigenvalue weighted by atomic mass is 16.1. The van der Waals surface area contributed by atoms with E-state index in [9.17, 15) is 9.59 Å². The Hall–Kier alpha value is -1.44. The highest BCUT2D eigenvalue weighted by molar-refractivity contribution is 5.85. The fourth-order valence-electron chi connectivity index (χ4n) is 1.63. The molecule has 0 spiro atoms. The predicted molar refractivity (Wildman–Crippen MR) is 68.8 cm³/mol. The van der Waals surface area contributed by atoms with E-state index in [4.69, 9.17) is 0 Å². The highest BCUT2D eigenvalue weighted by Gasteiger charge is 2.24. The fourth-order valence-corrected chi connectivity index (χ4v) is 1.63. The summed E-state index contributed by atoms with van der Waals surface area (Å²) in [6, 6.07) is 9.81. The second-order valence-electron chi connectivity index (χ2n) is 5.46. The maximum Gasteiger partial charge on any atom is 0.138 e. The zero-order valence-electron chi connectivity index (χ0n) is 10.8. The van der Waals surface area contributed by atoms with Crippen LogP contribution in [0.2, 0.25) is 0 Å². The molecule has 0 unspecified atom stereocenters. The zero-order chi connectivity index (χ0) is 12.9. The van der Waals surface area contributed by atoms with Crippen molar-refractivity contribution in [3.63, 3.8) is 0 Å². The van der Waals surface area contributed by atoms with Crippen LogP contribution in [0.1, 0.15) is 32.8 Å². The van der Waals surface area contributed by atoms with Crippen molar-refractivity contribution >= 4 is 12.1 Å². The number of benzene rings is 1. The summed E-state index contributed by atoms with van der Waals surface area (Å²) in [7, 11) is 0. The number of rotatable bonds is 5. The summed E-state index contributed by atoms with van der Waals surface area (Å²) in [5.41, 5.74) is 0.740. The summed E-state index contributed by atoms with van der Waals surface area (Å²) in [4.78, 5) is 22.9. The molecule has 0 radical (unpaired) electrons. The third-order valence-electron chi connectivity index (χ3n) is 2.82. The molecule has 0 N–H and O–H groups in total. The number of Topliss-reactive ketones (excluding diaryl/α,β-unsaturated/α-hetero) is 1. The van der Waals surface area contributed by atoms with Crippen LogP contribution < -0.4 is 0 Å². The molecular weight excluding hydrogens is 212 g/mol. The van der Waals surface area contributed by atoms with Gasteiger partial charge in [0.2, 0.25) is 0 Å². The number of hydrogen-bond acceptors (Lipinski definition) is 2. The smallest absolute Gasteiger partial charge is 0.138 e. The lowest BCUT2D eigenvalue weighted by Crippen LogP contribution is -2.24. The minimum Gasteiger partial charge on any atom is -0.303 e. The molecule has 1 atom stereocenters. The van der Waals surface area contributed by atoms with Gasteiger partial charge in [-0.05, 0) is 12.0 Å². The molecule has 0 saturated carbocycles. The van der Waals surface area contributed by atoms with Crippen molar-refractivity contribution in [2.24, 2.45) is 11.3 Å². The van der Waals surface area contributed by atoms with Crippen LogP contribution in [0.5, 0.6) is 0 Å². The van der Waals surface area contributed by atoms with Gasteiger partial charge in [0.15, 0.2) is 0 Å². The Kier molecular flexibility index (Phi) is 4.62. The summed E-state index contributed by atoms with van der Waals surface area (Å²) in [6.45, 7) is 5.67. The van der Waals surface area contributed by atoms with Crippen LogP contribution in [-0.4, -0.2) is 12.1 Å². The SMILES string of the molecule is CC(C)(C)C(=O)C[C@@H](C=O)Cc1ccccc1. The van der Waals surface area contributed by atoms with Gasteiger partial charge < -0.3 is 4.79 Å². The quantitative estimate of drug-likeness (QED) is 0.731. The number of aldehydes is 1. The Balaban J connectivity index is 2.62. The van der Waals surface area contributed by atoms with Crippen LogP contribution in [0, 0.1) is 11.3 Å². The van der Waals surface area contributed by atoms with Crippen molar-refractivity contribution in [3.05, 3.63) is 35.9 Å². The van der Waals surface area contributed by atoms with E-state index in [1.807, 2.05) is 51.1 Å². The number of carbonyl (C=O) groups excluding carboxylic acids is 2. The molecule has 17 heavy (non-hydrogen) atoms. The van der Waals surface area contributed by atoms with Crippen LogP contribution in [-0.2, 0) is 16.0 Å². The molecule has 0 amide bonds. The Morgan fingerprint density at radius 1 is 1.24 bits per heavy atom. The third-order valence-corrected chi connectivity index (χ3v) is 2.82. The van der Waals surface area contributed by atoms with Gasteiger partial charge in [0.05, 0.1) is 0 Å². The van der Waals surface area contributed by atoms with Gasteiger partial charge in [-0.1, -0.05) is 51.1 Å². The predicted octanol–water partition coefficient (Wildman–Crippen LogP) is 3.05. The Morgan fingerprint density at radius 3 is 2.29 bits per heavy atom. The second kappa shape index (κ2) is 5.76. The maximum atomic E-state index is 11.9. The van der Waals surface area contributed by atoms with Gasteiger partial charge in [0.25, 0.3) is 0 Å². The molecule has 1 rings (SSSR count). The molecular formula is C15H20O2. The normalized spacial score (nSPS) is 13.1. The van der Waals surface area contributed by atoms with Crippen LogP contribution >= 0.6 is 0 Å². The van der Waals surface area contributed by atoms with Gasteiger partial charge >= 0.3 is 0 Å². The summed E-state index contributed by atoms with van der Waals surface area (Å²) in [6.07, 6.45) is 1.88.